The topological polar surface area (TPSA) is 60.2 Å². The van der Waals surface area contributed by atoms with Crippen LogP contribution in [0.2, 0.25) is 0 Å². The van der Waals surface area contributed by atoms with Gasteiger partial charge in [0.25, 0.3) is 5.19 Å². The van der Waals surface area contributed by atoms with Crippen LogP contribution in [0.1, 0.15) is 4.88 Å². The number of hydrogen-bond acceptors (Lipinski definition) is 5. The monoisotopic (exact) mass is 211 g/mol. The van der Waals surface area contributed by atoms with Crippen LogP contribution in [-0.2, 0) is 0 Å². The predicted molar refractivity (Wildman–Crippen MR) is 57.5 cm³/mol. The summed E-state index contributed by atoms with van der Waals surface area (Å²) in [6, 6.07) is 0.104. The Morgan fingerprint density at radius 3 is 3.21 bits per heavy atom. The number of nitrogens with zero attached hydrogens (tertiary/aromatic N) is 1. The van der Waals surface area contributed by atoms with Crippen LogP contribution < -0.4 is 15.8 Å². The van der Waals surface area contributed by atoms with E-state index >= 15 is 0 Å². The van der Waals surface area contributed by atoms with Crippen molar-refractivity contribution in [3.05, 3.63) is 17.2 Å². The smallest absolute Gasteiger partial charge is 0.273 e. The highest BCUT2D eigenvalue weighted by atomic mass is 32.1. The number of thiazole rings is 1. The second-order valence-corrected chi connectivity index (χ2v) is 4.17. The first-order valence-corrected chi connectivity index (χ1v) is 5.28. The molecule has 0 amide bonds. The Labute approximate surface area is 86.8 Å². The summed E-state index contributed by atoms with van der Waals surface area (Å²) < 4.78 is 5.04. The third kappa shape index (κ3) is 1.95. The Morgan fingerprint density at radius 1 is 1.71 bits per heavy atom. The molecule has 1 aromatic heterocycles. The molecule has 0 fully saturated rings. The Kier molecular flexibility index (Phi) is 2.81. The van der Waals surface area contributed by atoms with Crippen molar-refractivity contribution in [2.45, 2.75) is 6.04 Å². The Bertz CT molecular complexity index is 348. The maximum atomic E-state index is 5.82. The molecule has 0 aromatic carbocycles. The van der Waals surface area contributed by atoms with Crippen molar-refractivity contribution in [2.75, 3.05) is 20.2 Å². The predicted octanol–water partition coefficient (Wildman–Crippen LogP) is 0.466. The molecular formula is C9H13N3OS. The number of nitrogens with one attached hydrogen (secondary N) is 1. The van der Waals surface area contributed by atoms with Gasteiger partial charge in [-0.05, 0) is 5.57 Å². The molecule has 3 N–H and O–H groups in total. The van der Waals surface area contributed by atoms with Gasteiger partial charge in [-0.15, -0.1) is 0 Å². The molecule has 0 saturated heterocycles. The number of rotatable bonds is 2. The van der Waals surface area contributed by atoms with Crippen LogP contribution in [0.3, 0.4) is 0 Å². The minimum absolute atomic E-state index is 0.104. The Morgan fingerprint density at radius 2 is 2.57 bits per heavy atom. The molecule has 76 valence electrons. The lowest BCUT2D eigenvalue weighted by Crippen LogP contribution is -2.37. The number of ether oxygens (including phenoxy) is 1. The highest BCUT2D eigenvalue weighted by molar-refractivity contribution is 7.14. The van der Waals surface area contributed by atoms with E-state index in [0.29, 0.717) is 5.19 Å². The molecule has 0 aliphatic carbocycles. The lowest BCUT2D eigenvalue weighted by atomic mass is 10.1. The first-order chi connectivity index (χ1) is 6.79. The molecule has 14 heavy (non-hydrogen) atoms. The Balaban J connectivity index is 2.21. The van der Waals surface area contributed by atoms with E-state index in [1.807, 2.05) is 6.20 Å². The van der Waals surface area contributed by atoms with Crippen molar-refractivity contribution in [2.24, 2.45) is 5.73 Å². The van der Waals surface area contributed by atoms with Crippen LogP contribution in [-0.4, -0.2) is 31.2 Å². The third-order valence-electron chi connectivity index (χ3n) is 2.09. The Hall–Kier alpha value is -0.910. The quantitative estimate of drug-likeness (QED) is 0.746. The maximum absolute atomic E-state index is 5.82. The van der Waals surface area contributed by atoms with Crippen LogP contribution in [0.4, 0.5) is 0 Å². The van der Waals surface area contributed by atoms with Crippen molar-refractivity contribution < 1.29 is 4.74 Å². The molecular weight excluding hydrogens is 198 g/mol. The highest BCUT2D eigenvalue weighted by Gasteiger charge is 2.13. The fourth-order valence-corrected chi connectivity index (χ4v) is 2.17. The van der Waals surface area contributed by atoms with Gasteiger partial charge in [-0.1, -0.05) is 17.4 Å². The number of nitrogens with two attached hydrogens (primary N) is 1. The fraction of sp³-hybridized carbons (Fsp3) is 0.444. The average molecular weight is 211 g/mol. The molecule has 5 heteroatoms. The summed E-state index contributed by atoms with van der Waals surface area (Å²) in [6.45, 7) is 1.71. The molecule has 1 aliphatic heterocycles. The minimum atomic E-state index is 0.104. The van der Waals surface area contributed by atoms with Crippen LogP contribution in [0, 0.1) is 0 Å². The van der Waals surface area contributed by atoms with Crippen molar-refractivity contribution in [3.63, 3.8) is 0 Å². The highest BCUT2D eigenvalue weighted by Crippen LogP contribution is 2.27. The summed E-state index contributed by atoms with van der Waals surface area (Å²) in [7, 11) is 1.63. The molecule has 1 atom stereocenters. The lowest BCUT2D eigenvalue weighted by Gasteiger charge is -2.17. The van der Waals surface area contributed by atoms with E-state index < -0.39 is 0 Å². The van der Waals surface area contributed by atoms with Gasteiger partial charge in [0.05, 0.1) is 12.0 Å². The summed E-state index contributed by atoms with van der Waals surface area (Å²) in [5.74, 6) is 0. The number of methoxy groups -OCH3 is 1. The maximum Gasteiger partial charge on any atom is 0.273 e. The van der Waals surface area contributed by atoms with E-state index in [1.165, 1.54) is 5.57 Å². The number of aromatic nitrogens is 1. The van der Waals surface area contributed by atoms with E-state index in [4.69, 9.17) is 10.5 Å². The first-order valence-electron chi connectivity index (χ1n) is 4.47. The van der Waals surface area contributed by atoms with Gasteiger partial charge < -0.3 is 15.8 Å². The zero-order valence-corrected chi connectivity index (χ0v) is 8.80. The summed E-state index contributed by atoms with van der Waals surface area (Å²) in [5.41, 5.74) is 7.03. The third-order valence-corrected chi connectivity index (χ3v) is 3.12. The van der Waals surface area contributed by atoms with Crippen LogP contribution in [0.15, 0.2) is 12.3 Å². The molecule has 2 heterocycles. The minimum Gasteiger partial charge on any atom is -0.473 e. The van der Waals surface area contributed by atoms with Crippen molar-refractivity contribution in [1.82, 2.24) is 10.3 Å². The molecule has 0 radical (unpaired) electrons. The van der Waals surface area contributed by atoms with E-state index in [9.17, 15) is 0 Å². The summed E-state index contributed by atoms with van der Waals surface area (Å²) >= 11 is 1.54. The van der Waals surface area contributed by atoms with Gasteiger partial charge in [0.1, 0.15) is 0 Å². The molecule has 1 aromatic rings. The normalized spacial score (nSPS) is 21.9. The van der Waals surface area contributed by atoms with Gasteiger partial charge in [-0.25, -0.2) is 4.98 Å². The van der Waals surface area contributed by atoms with Crippen LogP contribution in [0.25, 0.3) is 5.57 Å². The SMILES string of the molecule is COc1ncc(C2=CC(N)CNC2)s1. The van der Waals surface area contributed by atoms with Crippen LogP contribution >= 0.6 is 11.3 Å². The van der Waals surface area contributed by atoms with Crippen molar-refractivity contribution in [3.8, 4) is 5.19 Å². The van der Waals surface area contributed by atoms with Gasteiger partial charge in [0, 0.05) is 25.3 Å². The second-order valence-electron chi connectivity index (χ2n) is 3.18. The molecule has 0 spiro atoms. The van der Waals surface area contributed by atoms with Gasteiger partial charge in [-0.2, -0.15) is 0 Å². The van der Waals surface area contributed by atoms with Gasteiger partial charge in [0.15, 0.2) is 0 Å². The zero-order valence-electron chi connectivity index (χ0n) is 7.99. The molecule has 0 saturated carbocycles. The summed E-state index contributed by atoms with van der Waals surface area (Å²) in [5, 5.41) is 3.95. The first kappa shape index (κ1) is 9.64. The standard InChI is InChI=1S/C9H13N3OS/c1-13-9-12-5-8(14-9)6-2-7(10)4-11-3-6/h2,5,7,11H,3-4,10H2,1H3. The molecule has 2 rings (SSSR count). The van der Waals surface area contributed by atoms with E-state index in [1.54, 1.807) is 18.4 Å². The fourth-order valence-electron chi connectivity index (χ4n) is 1.42. The van der Waals surface area contributed by atoms with Crippen molar-refractivity contribution >= 4 is 16.9 Å². The van der Waals surface area contributed by atoms with E-state index in [2.05, 4.69) is 16.4 Å². The van der Waals surface area contributed by atoms with Gasteiger partial charge in [-0.3, -0.25) is 0 Å². The molecule has 1 unspecified atom stereocenters. The van der Waals surface area contributed by atoms with Gasteiger partial charge >= 0.3 is 0 Å². The molecule has 0 bridgehead atoms. The van der Waals surface area contributed by atoms with Gasteiger partial charge in [0.2, 0.25) is 0 Å². The average Bonchev–Trinajstić information content (AvgIpc) is 2.66. The zero-order chi connectivity index (χ0) is 9.97. The van der Waals surface area contributed by atoms with Crippen molar-refractivity contribution in [1.29, 1.82) is 0 Å². The second kappa shape index (κ2) is 4.08. The number of hydrogen-bond donors (Lipinski definition) is 2. The van der Waals surface area contributed by atoms with E-state index in [-0.39, 0.29) is 6.04 Å². The molecule has 1 aliphatic rings. The summed E-state index contributed by atoms with van der Waals surface area (Å²) in [4.78, 5) is 5.25. The summed E-state index contributed by atoms with van der Waals surface area (Å²) in [6.07, 6.45) is 3.92. The van der Waals surface area contributed by atoms with E-state index in [0.717, 1.165) is 18.0 Å². The molecule has 4 nitrogen and oxygen atoms in total. The lowest BCUT2D eigenvalue weighted by molar-refractivity contribution is 0.412. The largest absolute Gasteiger partial charge is 0.473 e. The van der Waals surface area contributed by atoms with Crippen LogP contribution in [0.5, 0.6) is 5.19 Å².